The molecular formula is C6H6F2O. The third kappa shape index (κ3) is 1.36. The Bertz CT molecular complexity index is 162. The van der Waals surface area contributed by atoms with Crippen molar-refractivity contribution in [2.45, 2.75) is 12.3 Å². The molecule has 0 amide bonds. The summed E-state index contributed by atoms with van der Waals surface area (Å²) in [4.78, 5) is 0. The third-order valence-corrected chi connectivity index (χ3v) is 1.10. The van der Waals surface area contributed by atoms with Crippen LogP contribution in [0.2, 0.25) is 0 Å². The molecule has 0 radical (unpaired) electrons. The molecule has 0 aliphatic heterocycles. The molecule has 1 aliphatic rings. The van der Waals surface area contributed by atoms with Gasteiger partial charge in [0, 0.05) is 0 Å². The molecule has 0 aromatic rings. The van der Waals surface area contributed by atoms with Gasteiger partial charge in [0.1, 0.15) is 18.1 Å². The fourth-order valence-corrected chi connectivity index (χ4v) is 0.608. The maximum absolute atomic E-state index is 12.2. The summed E-state index contributed by atoms with van der Waals surface area (Å²) in [6.07, 6.45) is 0.0571. The van der Waals surface area contributed by atoms with Crippen molar-refractivity contribution in [3.8, 4) is 0 Å². The van der Waals surface area contributed by atoms with Crippen molar-refractivity contribution in [2.24, 2.45) is 0 Å². The SMILES string of the molecule is OC1C=C(F)C=CC1F. The largest absolute Gasteiger partial charge is 0.386 e. The summed E-state index contributed by atoms with van der Waals surface area (Å²) >= 11 is 0. The van der Waals surface area contributed by atoms with Crippen LogP contribution in [0.25, 0.3) is 0 Å². The number of allylic oxidation sites excluding steroid dienone is 2. The monoisotopic (exact) mass is 132 g/mol. The molecule has 0 aromatic heterocycles. The van der Waals surface area contributed by atoms with Crippen molar-refractivity contribution in [1.82, 2.24) is 0 Å². The van der Waals surface area contributed by atoms with Crippen molar-refractivity contribution in [3.63, 3.8) is 0 Å². The smallest absolute Gasteiger partial charge is 0.148 e. The molecule has 50 valence electrons. The van der Waals surface area contributed by atoms with E-state index in [4.69, 9.17) is 5.11 Å². The third-order valence-electron chi connectivity index (χ3n) is 1.10. The average molecular weight is 132 g/mol. The normalized spacial score (nSPS) is 34.3. The Morgan fingerprint density at radius 1 is 1.56 bits per heavy atom. The van der Waals surface area contributed by atoms with E-state index >= 15 is 0 Å². The maximum atomic E-state index is 12.2. The number of hydrogen-bond donors (Lipinski definition) is 1. The van der Waals surface area contributed by atoms with E-state index < -0.39 is 18.1 Å². The average Bonchev–Trinajstić information content (AvgIpc) is 1.80. The first-order valence-corrected chi connectivity index (χ1v) is 2.58. The van der Waals surface area contributed by atoms with Gasteiger partial charge in [0.25, 0.3) is 0 Å². The first-order valence-electron chi connectivity index (χ1n) is 2.58. The van der Waals surface area contributed by atoms with Gasteiger partial charge in [-0.05, 0) is 18.2 Å². The lowest BCUT2D eigenvalue weighted by Gasteiger charge is -2.10. The number of aliphatic hydroxyl groups excluding tert-OH is 1. The van der Waals surface area contributed by atoms with Gasteiger partial charge in [-0.1, -0.05) is 0 Å². The van der Waals surface area contributed by atoms with Gasteiger partial charge in [0.15, 0.2) is 0 Å². The molecule has 9 heavy (non-hydrogen) atoms. The molecule has 2 atom stereocenters. The summed E-state index contributed by atoms with van der Waals surface area (Å²) in [5.74, 6) is -0.587. The Balaban J connectivity index is 2.70. The minimum absolute atomic E-state index is 0.587. The molecule has 3 heteroatoms. The van der Waals surface area contributed by atoms with Gasteiger partial charge < -0.3 is 5.11 Å². The van der Waals surface area contributed by atoms with Crippen LogP contribution in [-0.4, -0.2) is 17.4 Å². The Labute approximate surface area is 51.3 Å². The number of hydrogen-bond acceptors (Lipinski definition) is 1. The molecule has 0 bridgehead atoms. The van der Waals surface area contributed by atoms with Crippen LogP contribution in [0.4, 0.5) is 8.78 Å². The summed E-state index contributed by atoms with van der Waals surface area (Å²) in [5.41, 5.74) is 0. The molecule has 0 heterocycles. The van der Waals surface area contributed by atoms with Gasteiger partial charge in [-0.15, -0.1) is 0 Å². The highest BCUT2D eigenvalue weighted by atomic mass is 19.1. The van der Waals surface area contributed by atoms with Gasteiger partial charge in [-0.25, -0.2) is 8.78 Å². The fourth-order valence-electron chi connectivity index (χ4n) is 0.608. The van der Waals surface area contributed by atoms with E-state index in [9.17, 15) is 8.78 Å². The zero-order valence-corrected chi connectivity index (χ0v) is 4.59. The zero-order valence-electron chi connectivity index (χ0n) is 4.59. The molecular weight excluding hydrogens is 126 g/mol. The summed E-state index contributed by atoms with van der Waals surface area (Å²) in [6.45, 7) is 0. The van der Waals surface area contributed by atoms with Crippen LogP contribution in [0.15, 0.2) is 24.1 Å². The highest BCUT2D eigenvalue weighted by molar-refractivity contribution is 5.21. The molecule has 1 rings (SSSR count). The lowest BCUT2D eigenvalue weighted by Crippen LogP contribution is -2.19. The summed E-state index contributed by atoms with van der Waals surface area (Å²) in [6, 6.07) is 0. The summed E-state index contributed by atoms with van der Waals surface area (Å²) in [7, 11) is 0. The fraction of sp³-hybridized carbons (Fsp3) is 0.333. The highest BCUT2D eigenvalue weighted by Crippen LogP contribution is 2.13. The van der Waals surface area contributed by atoms with Gasteiger partial charge in [-0.3, -0.25) is 0 Å². The van der Waals surface area contributed by atoms with Crippen LogP contribution < -0.4 is 0 Å². The maximum Gasteiger partial charge on any atom is 0.148 e. The Morgan fingerprint density at radius 2 is 2.22 bits per heavy atom. The molecule has 0 fully saturated rings. The van der Waals surface area contributed by atoms with Crippen LogP contribution in [0.1, 0.15) is 0 Å². The molecule has 2 unspecified atom stereocenters. The minimum atomic E-state index is -1.45. The van der Waals surface area contributed by atoms with Crippen LogP contribution >= 0.6 is 0 Å². The quantitative estimate of drug-likeness (QED) is 0.523. The van der Waals surface area contributed by atoms with E-state index in [-0.39, 0.29) is 0 Å². The van der Waals surface area contributed by atoms with Gasteiger partial charge in [-0.2, -0.15) is 0 Å². The van der Waals surface area contributed by atoms with Gasteiger partial charge in [0.05, 0.1) is 0 Å². The minimum Gasteiger partial charge on any atom is -0.386 e. The second-order valence-electron chi connectivity index (χ2n) is 1.85. The first kappa shape index (κ1) is 6.42. The standard InChI is InChI=1S/C6H6F2O/c7-4-1-2-5(8)6(9)3-4/h1-3,5-6,9H. The first-order chi connectivity index (χ1) is 4.20. The van der Waals surface area contributed by atoms with Crippen LogP contribution in [0.3, 0.4) is 0 Å². The molecule has 0 spiro atoms. The number of rotatable bonds is 0. The van der Waals surface area contributed by atoms with E-state index in [1.807, 2.05) is 0 Å². The predicted octanol–water partition coefficient (Wildman–Crippen LogP) is 1.11. The van der Waals surface area contributed by atoms with E-state index in [1.165, 1.54) is 0 Å². The van der Waals surface area contributed by atoms with E-state index in [1.54, 1.807) is 0 Å². The topological polar surface area (TPSA) is 20.2 Å². The van der Waals surface area contributed by atoms with Crippen molar-refractivity contribution in [2.75, 3.05) is 0 Å². The molecule has 0 aromatic carbocycles. The predicted molar refractivity (Wildman–Crippen MR) is 29.2 cm³/mol. The van der Waals surface area contributed by atoms with Crippen molar-refractivity contribution in [3.05, 3.63) is 24.1 Å². The van der Waals surface area contributed by atoms with E-state index in [2.05, 4.69) is 0 Å². The van der Waals surface area contributed by atoms with Crippen molar-refractivity contribution < 1.29 is 13.9 Å². The van der Waals surface area contributed by atoms with Crippen LogP contribution in [-0.2, 0) is 0 Å². The Hall–Kier alpha value is -0.700. The Morgan fingerprint density at radius 3 is 2.67 bits per heavy atom. The molecule has 1 aliphatic carbocycles. The van der Waals surface area contributed by atoms with Crippen molar-refractivity contribution in [1.29, 1.82) is 0 Å². The molecule has 1 N–H and O–H groups in total. The summed E-state index contributed by atoms with van der Waals surface area (Å²) < 4.78 is 24.3. The zero-order chi connectivity index (χ0) is 6.85. The number of aliphatic hydroxyl groups is 1. The van der Waals surface area contributed by atoms with Crippen LogP contribution in [0, 0.1) is 0 Å². The van der Waals surface area contributed by atoms with E-state index in [0.717, 1.165) is 18.2 Å². The van der Waals surface area contributed by atoms with Gasteiger partial charge in [0.2, 0.25) is 0 Å². The lowest BCUT2D eigenvalue weighted by atomic mass is 10.1. The second-order valence-corrected chi connectivity index (χ2v) is 1.85. The van der Waals surface area contributed by atoms with E-state index in [0.29, 0.717) is 0 Å². The highest BCUT2D eigenvalue weighted by Gasteiger charge is 2.16. The van der Waals surface area contributed by atoms with Crippen LogP contribution in [0.5, 0.6) is 0 Å². The lowest BCUT2D eigenvalue weighted by molar-refractivity contribution is 0.139. The Kier molecular flexibility index (Phi) is 1.62. The van der Waals surface area contributed by atoms with Gasteiger partial charge >= 0.3 is 0 Å². The molecule has 0 saturated carbocycles. The number of halogens is 2. The number of alkyl halides is 1. The molecule has 0 saturated heterocycles. The van der Waals surface area contributed by atoms with Crippen molar-refractivity contribution >= 4 is 0 Å². The molecule has 1 nitrogen and oxygen atoms in total. The second kappa shape index (κ2) is 2.27. The summed E-state index contributed by atoms with van der Waals surface area (Å²) in [5, 5.41) is 8.61.